The van der Waals surface area contributed by atoms with Gasteiger partial charge in [0.2, 0.25) is 0 Å². The van der Waals surface area contributed by atoms with Crippen LogP contribution in [0.4, 0.5) is 0 Å². The van der Waals surface area contributed by atoms with E-state index in [1.165, 1.54) is 0 Å². The SMILES string of the molecule is CCO.CCO.CCO.CCO.CC[O-].CC[O-].CC[O-].CC[O-].[Ti+4]. The molecule has 9 heteroatoms. The van der Waals surface area contributed by atoms with Gasteiger partial charge in [-0.1, -0.05) is 27.7 Å². The van der Waals surface area contributed by atoms with Crippen molar-refractivity contribution in [3.63, 3.8) is 0 Å². The van der Waals surface area contributed by atoms with Gasteiger partial charge in [-0.15, -0.1) is 26.4 Å². The summed E-state index contributed by atoms with van der Waals surface area (Å²) in [5.74, 6) is 0. The first-order valence-corrected chi connectivity index (χ1v) is 8.08. The third-order valence-corrected chi connectivity index (χ3v) is 0. The molecule has 0 aliphatic rings. The van der Waals surface area contributed by atoms with Crippen LogP contribution in [-0.4, -0.2) is 73.3 Å². The summed E-state index contributed by atoms with van der Waals surface area (Å²) in [4.78, 5) is 0. The van der Waals surface area contributed by atoms with Crippen molar-refractivity contribution >= 4 is 0 Å². The molecule has 0 saturated heterocycles. The predicted octanol–water partition coefficient (Wildman–Crippen LogP) is -2.54. The summed E-state index contributed by atoms with van der Waals surface area (Å²) in [7, 11) is 0. The van der Waals surface area contributed by atoms with Crippen LogP contribution in [0.15, 0.2) is 0 Å². The number of aliphatic hydroxyl groups is 4. The van der Waals surface area contributed by atoms with Gasteiger partial charge in [-0.2, -0.15) is 0 Å². The number of hydrogen-bond acceptors (Lipinski definition) is 8. The van der Waals surface area contributed by atoms with Crippen molar-refractivity contribution in [2.75, 3.05) is 52.9 Å². The van der Waals surface area contributed by atoms with Crippen molar-refractivity contribution in [1.29, 1.82) is 0 Å². The molecule has 0 unspecified atom stereocenters. The van der Waals surface area contributed by atoms with Crippen LogP contribution in [0, 0.1) is 0 Å². The van der Waals surface area contributed by atoms with Crippen molar-refractivity contribution in [2.24, 2.45) is 0 Å². The summed E-state index contributed by atoms with van der Waals surface area (Å²) in [6.45, 7) is 14.0. The van der Waals surface area contributed by atoms with Crippen LogP contribution in [0.3, 0.4) is 0 Å². The Labute approximate surface area is 171 Å². The summed E-state index contributed by atoms with van der Waals surface area (Å²) >= 11 is 0. The summed E-state index contributed by atoms with van der Waals surface area (Å²) < 4.78 is 0. The minimum Gasteiger partial charge on any atom is -0.855 e. The maximum absolute atomic E-state index is 8.93. The minimum absolute atomic E-state index is 0. The second-order valence-electron chi connectivity index (χ2n) is 2.42. The molecule has 0 aliphatic carbocycles. The standard InChI is InChI=1S/4C2H6O.4C2H5O.Ti/c8*1-2-3;/h4*3H,2H2,1H3;4*2H2,1H3;/q;;;;4*-1;+4. The Balaban J connectivity index is -0.0000000166. The van der Waals surface area contributed by atoms with Gasteiger partial charge in [0.25, 0.3) is 0 Å². The Bertz CT molecular complexity index is 52.1. The molecule has 160 valence electrons. The van der Waals surface area contributed by atoms with Gasteiger partial charge in [0.05, 0.1) is 0 Å². The molecule has 25 heavy (non-hydrogen) atoms. The van der Waals surface area contributed by atoms with E-state index < -0.39 is 0 Å². The Morgan fingerprint density at radius 2 is 0.400 bits per heavy atom. The Hall–Kier alpha value is 0.394. The molecule has 8 nitrogen and oxygen atoms in total. The second-order valence-corrected chi connectivity index (χ2v) is 2.42. The summed E-state index contributed by atoms with van der Waals surface area (Å²) in [5, 5.41) is 66.0. The maximum Gasteiger partial charge on any atom is 4.00 e. The molecule has 0 aromatic rings. The molecule has 0 aromatic carbocycles. The van der Waals surface area contributed by atoms with E-state index in [0.717, 1.165) is 0 Å². The van der Waals surface area contributed by atoms with Crippen LogP contribution < -0.4 is 20.4 Å². The molecule has 0 bridgehead atoms. The minimum atomic E-state index is 0. The van der Waals surface area contributed by atoms with Gasteiger partial charge >= 0.3 is 21.7 Å². The van der Waals surface area contributed by atoms with Crippen molar-refractivity contribution < 1.29 is 62.6 Å². The Morgan fingerprint density at radius 1 is 0.400 bits per heavy atom. The van der Waals surface area contributed by atoms with Crippen molar-refractivity contribution in [3.05, 3.63) is 0 Å². The van der Waals surface area contributed by atoms with E-state index in [4.69, 9.17) is 40.9 Å². The Morgan fingerprint density at radius 3 is 0.400 bits per heavy atom. The molecule has 0 fully saturated rings. The first kappa shape index (κ1) is 56.2. The van der Waals surface area contributed by atoms with E-state index in [0.29, 0.717) is 0 Å². The van der Waals surface area contributed by atoms with E-state index in [-0.39, 0.29) is 74.6 Å². The molecule has 0 saturated carbocycles. The van der Waals surface area contributed by atoms with Gasteiger partial charge < -0.3 is 40.9 Å². The molecular weight excluding hydrogens is 368 g/mol. The fourth-order valence-corrected chi connectivity index (χ4v) is 0. The zero-order chi connectivity index (χ0) is 21.7. The molecule has 0 amide bonds. The zero-order valence-electron chi connectivity index (χ0n) is 17.6. The van der Waals surface area contributed by atoms with Crippen LogP contribution in [-0.2, 0) is 21.7 Å². The van der Waals surface area contributed by atoms with Gasteiger partial charge in [-0.3, -0.25) is 0 Å². The number of aliphatic hydroxyl groups excluding tert-OH is 4. The second kappa shape index (κ2) is 189. The summed E-state index contributed by atoms with van der Waals surface area (Å²) in [6, 6.07) is 0. The van der Waals surface area contributed by atoms with Crippen LogP contribution in [0.2, 0.25) is 0 Å². The predicted molar refractivity (Wildman–Crippen MR) is 93.2 cm³/mol. The van der Waals surface area contributed by atoms with Crippen molar-refractivity contribution in [3.8, 4) is 0 Å². The van der Waals surface area contributed by atoms with E-state index >= 15 is 0 Å². The van der Waals surface area contributed by atoms with Gasteiger partial charge in [-0.25, -0.2) is 0 Å². The monoisotopic (exact) mass is 412 g/mol. The normalized spacial score (nSPS) is 5.76. The summed E-state index contributed by atoms with van der Waals surface area (Å²) in [5.41, 5.74) is 0. The van der Waals surface area contributed by atoms with E-state index in [9.17, 15) is 0 Å². The first-order valence-electron chi connectivity index (χ1n) is 8.08. The molecule has 0 spiro atoms. The molecular formula is C16H44O8Ti. The van der Waals surface area contributed by atoms with Gasteiger partial charge in [-0.05, 0) is 27.7 Å². The van der Waals surface area contributed by atoms with Gasteiger partial charge in [0, 0.05) is 26.4 Å². The molecule has 0 aromatic heterocycles. The van der Waals surface area contributed by atoms with Crippen LogP contribution in [0.25, 0.3) is 0 Å². The molecule has 0 radical (unpaired) electrons. The smallest absolute Gasteiger partial charge is 0.855 e. The molecule has 4 N–H and O–H groups in total. The largest absolute Gasteiger partial charge is 4.00 e. The third kappa shape index (κ3) is 78700. The van der Waals surface area contributed by atoms with Crippen molar-refractivity contribution in [2.45, 2.75) is 55.4 Å². The zero-order valence-corrected chi connectivity index (χ0v) is 19.1. The third-order valence-electron chi connectivity index (χ3n) is 0. The van der Waals surface area contributed by atoms with Gasteiger partial charge in [0.15, 0.2) is 0 Å². The van der Waals surface area contributed by atoms with Crippen LogP contribution in [0.5, 0.6) is 0 Å². The van der Waals surface area contributed by atoms with E-state index in [1.807, 2.05) is 0 Å². The topological polar surface area (TPSA) is 173 Å². The molecule has 0 heterocycles. The van der Waals surface area contributed by atoms with Crippen LogP contribution in [0.1, 0.15) is 55.4 Å². The van der Waals surface area contributed by atoms with Gasteiger partial charge in [0.1, 0.15) is 0 Å². The molecule has 0 atom stereocenters. The number of rotatable bonds is 0. The summed E-state index contributed by atoms with van der Waals surface area (Å²) in [6.07, 6.45) is 0. The fourth-order valence-electron chi connectivity index (χ4n) is 0. The fraction of sp³-hybridized carbons (Fsp3) is 1.00. The van der Waals surface area contributed by atoms with E-state index in [1.54, 1.807) is 55.4 Å². The Kier molecular flexibility index (Phi) is 426. The molecule has 0 rings (SSSR count). The number of hydrogen-bond donors (Lipinski definition) is 4. The average molecular weight is 412 g/mol. The van der Waals surface area contributed by atoms with Crippen LogP contribution >= 0.6 is 0 Å². The average Bonchev–Trinajstić information content (AvgIpc) is 2.45. The molecule has 0 aliphatic heterocycles. The quantitative estimate of drug-likeness (QED) is 0.315. The first-order chi connectivity index (χ1) is 11.3. The van der Waals surface area contributed by atoms with E-state index in [2.05, 4.69) is 0 Å². The maximum atomic E-state index is 8.93. The van der Waals surface area contributed by atoms with Crippen molar-refractivity contribution in [1.82, 2.24) is 0 Å².